The number of hydrogen-bond donors (Lipinski definition) is 1. The van der Waals surface area contributed by atoms with Gasteiger partial charge in [0.05, 0.1) is 10.6 Å². The molecule has 7 nitrogen and oxygen atoms in total. The summed E-state index contributed by atoms with van der Waals surface area (Å²) in [4.78, 5) is 28.5. The zero-order chi connectivity index (χ0) is 28.4. The Labute approximate surface area is 232 Å². The van der Waals surface area contributed by atoms with Crippen molar-refractivity contribution in [3.05, 3.63) is 96.1 Å². The molecule has 0 radical (unpaired) electrons. The van der Waals surface area contributed by atoms with Crippen LogP contribution >= 0.6 is 0 Å². The summed E-state index contributed by atoms with van der Waals surface area (Å²) in [6, 6.07) is 24.1. The van der Waals surface area contributed by atoms with E-state index in [0.717, 1.165) is 28.3 Å². The molecule has 0 aliphatic carbocycles. The first kappa shape index (κ1) is 29.9. The molecule has 3 aromatic rings. The number of benzene rings is 3. The summed E-state index contributed by atoms with van der Waals surface area (Å²) in [5, 5.41) is 2.95. The first-order valence-corrected chi connectivity index (χ1v) is 14.9. The molecular formula is C31H39N3O4S. The second-order valence-electron chi connectivity index (χ2n) is 9.66. The quantitative estimate of drug-likeness (QED) is 0.331. The minimum Gasteiger partial charge on any atom is -0.352 e. The number of rotatable bonds is 13. The van der Waals surface area contributed by atoms with Gasteiger partial charge >= 0.3 is 0 Å². The molecule has 2 amide bonds. The van der Waals surface area contributed by atoms with Crippen molar-refractivity contribution in [3.8, 4) is 0 Å². The topological polar surface area (TPSA) is 86.8 Å². The lowest BCUT2D eigenvalue weighted by Crippen LogP contribution is -2.53. The van der Waals surface area contributed by atoms with E-state index < -0.39 is 28.5 Å². The average molecular weight is 550 g/mol. The van der Waals surface area contributed by atoms with Crippen molar-refractivity contribution in [1.82, 2.24) is 10.2 Å². The molecule has 0 aliphatic heterocycles. The van der Waals surface area contributed by atoms with Gasteiger partial charge in [-0.2, -0.15) is 0 Å². The predicted molar refractivity (Wildman–Crippen MR) is 156 cm³/mol. The fourth-order valence-corrected chi connectivity index (χ4v) is 5.62. The highest BCUT2D eigenvalue weighted by Crippen LogP contribution is 2.25. The van der Waals surface area contributed by atoms with Gasteiger partial charge in [-0.1, -0.05) is 74.5 Å². The van der Waals surface area contributed by atoms with Crippen molar-refractivity contribution in [3.63, 3.8) is 0 Å². The molecule has 0 aromatic heterocycles. The average Bonchev–Trinajstić information content (AvgIpc) is 2.96. The van der Waals surface area contributed by atoms with Crippen molar-refractivity contribution in [1.29, 1.82) is 0 Å². The normalized spacial score (nSPS) is 12.8. The lowest BCUT2D eigenvalue weighted by atomic mass is 10.1. The second-order valence-corrected chi connectivity index (χ2v) is 11.5. The number of anilines is 1. The molecule has 39 heavy (non-hydrogen) atoms. The summed E-state index contributed by atoms with van der Waals surface area (Å²) in [6.45, 7) is 7.43. The lowest BCUT2D eigenvalue weighted by molar-refractivity contribution is -0.139. The molecule has 3 rings (SSSR count). The van der Waals surface area contributed by atoms with Gasteiger partial charge in [-0.05, 0) is 68.5 Å². The highest BCUT2D eigenvalue weighted by atomic mass is 32.2. The van der Waals surface area contributed by atoms with E-state index in [1.54, 1.807) is 37.3 Å². The van der Waals surface area contributed by atoms with E-state index in [4.69, 9.17) is 0 Å². The maximum Gasteiger partial charge on any atom is 0.264 e. The van der Waals surface area contributed by atoms with Crippen LogP contribution in [-0.4, -0.2) is 50.3 Å². The Hall–Kier alpha value is -3.65. The summed E-state index contributed by atoms with van der Waals surface area (Å²) in [6.07, 6.45) is 2.10. The van der Waals surface area contributed by atoms with Crippen LogP contribution in [0.3, 0.4) is 0 Å². The number of nitrogens with zero attached hydrogens (tertiary/aromatic N) is 2. The van der Waals surface area contributed by atoms with Crippen LogP contribution in [0.4, 0.5) is 5.69 Å². The Morgan fingerprint density at radius 1 is 0.821 bits per heavy atom. The van der Waals surface area contributed by atoms with Crippen molar-refractivity contribution >= 4 is 27.5 Å². The van der Waals surface area contributed by atoms with E-state index in [1.807, 2.05) is 63.2 Å². The third-order valence-electron chi connectivity index (χ3n) is 6.90. The van der Waals surface area contributed by atoms with Crippen molar-refractivity contribution < 1.29 is 18.0 Å². The molecule has 208 valence electrons. The zero-order valence-electron chi connectivity index (χ0n) is 23.2. The van der Waals surface area contributed by atoms with Gasteiger partial charge in [0.15, 0.2) is 0 Å². The number of aryl methyl sites for hydroxylation is 1. The van der Waals surface area contributed by atoms with E-state index in [9.17, 15) is 18.0 Å². The predicted octanol–water partition coefficient (Wildman–Crippen LogP) is 4.82. The monoisotopic (exact) mass is 549 g/mol. The first-order chi connectivity index (χ1) is 18.7. The second kappa shape index (κ2) is 13.9. The van der Waals surface area contributed by atoms with Gasteiger partial charge in [-0.25, -0.2) is 8.42 Å². The van der Waals surface area contributed by atoms with Gasteiger partial charge < -0.3 is 10.2 Å². The van der Waals surface area contributed by atoms with Crippen LogP contribution in [0.15, 0.2) is 89.8 Å². The van der Waals surface area contributed by atoms with E-state index >= 15 is 0 Å². The number of sulfonamides is 1. The van der Waals surface area contributed by atoms with Gasteiger partial charge in [0.2, 0.25) is 11.8 Å². The number of hydrogen-bond acceptors (Lipinski definition) is 4. The molecule has 0 heterocycles. The summed E-state index contributed by atoms with van der Waals surface area (Å²) >= 11 is 0. The molecule has 0 aliphatic rings. The Balaban J connectivity index is 1.96. The van der Waals surface area contributed by atoms with Gasteiger partial charge in [-0.15, -0.1) is 0 Å². The fraction of sp³-hybridized carbons (Fsp3) is 0.355. The van der Waals surface area contributed by atoms with E-state index in [2.05, 4.69) is 5.32 Å². The molecular weight excluding hydrogens is 510 g/mol. The van der Waals surface area contributed by atoms with Gasteiger partial charge in [-0.3, -0.25) is 13.9 Å². The lowest BCUT2D eigenvalue weighted by Gasteiger charge is -2.32. The molecule has 0 bridgehead atoms. The highest BCUT2D eigenvalue weighted by molar-refractivity contribution is 7.92. The van der Waals surface area contributed by atoms with E-state index in [0.29, 0.717) is 12.1 Å². The van der Waals surface area contributed by atoms with Crippen LogP contribution in [0.2, 0.25) is 0 Å². The van der Waals surface area contributed by atoms with Gasteiger partial charge in [0.25, 0.3) is 10.0 Å². The molecule has 0 unspecified atom stereocenters. The molecule has 3 aromatic carbocycles. The number of nitrogens with one attached hydrogen (secondary N) is 1. The van der Waals surface area contributed by atoms with Crippen LogP contribution in [0.1, 0.15) is 45.2 Å². The zero-order valence-corrected chi connectivity index (χ0v) is 24.0. The molecule has 1 N–H and O–H groups in total. The van der Waals surface area contributed by atoms with Crippen LogP contribution in [-0.2, 0) is 32.5 Å². The minimum absolute atomic E-state index is 0.0435. The molecule has 0 fully saturated rings. The van der Waals surface area contributed by atoms with Gasteiger partial charge in [0, 0.05) is 12.6 Å². The summed E-state index contributed by atoms with van der Waals surface area (Å²) < 4.78 is 28.7. The molecule has 8 heteroatoms. The van der Waals surface area contributed by atoms with Crippen LogP contribution in [0.25, 0.3) is 0 Å². The number of amides is 2. The maximum absolute atomic E-state index is 13.9. The largest absolute Gasteiger partial charge is 0.352 e. The molecule has 2 atom stereocenters. The maximum atomic E-state index is 13.9. The third kappa shape index (κ3) is 7.93. The summed E-state index contributed by atoms with van der Waals surface area (Å²) in [5.41, 5.74) is 2.47. The Morgan fingerprint density at radius 3 is 1.97 bits per heavy atom. The number of carbonyl (C=O) groups is 2. The van der Waals surface area contributed by atoms with Crippen molar-refractivity contribution in [2.75, 3.05) is 17.4 Å². The molecule has 0 saturated carbocycles. The smallest absolute Gasteiger partial charge is 0.264 e. The van der Waals surface area contributed by atoms with E-state index in [-0.39, 0.29) is 23.4 Å². The minimum atomic E-state index is -4.05. The summed E-state index contributed by atoms with van der Waals surface area (Å²) in [5.74, 6) is -0.715. The van der Waals surface area contributed by atoms with Crippen molar-refractivity contribution in [2.24, 2.45) is 0 Å². The number of carbonyl (C=O) groups excluding carboxylic acids is 2. The first-order valence-electron chi connectivity index (χ1n) is 13.5. The van der Waals surface area contributed by atoms with Crippen LogP contribution < -0.4 is 9.62 Å². The fourth-order valence-electron chi connectivity index (χ4n) is 4.18. The highest BCUT2D eigenvalue weighted by Gasteiger charge is 2.32. The van der Waals surface area contributed by atoms with Crippen LogP contribution in [0, 0.1) is 0 Å². The SMILES string of the molecule is CCc1ccc(N(CC(=O)N(CCc2ccccc2)[C@@H](C)C(=O)N[C@@H](C)CC)S(=O)(=O)c2ccccc2)cc1. The van der Waals surface area contributed by atoms with Crippen LogP contribution in [0.5, 0.6) is 0 Å². The Kier molecular flexibility index (Phi) is 10.7. The Bertz CT molecular complexity index is 1310. The van der Waals surface area contributed by atoms with E-state index in [1.165, 1.54) is 17.0 Å². The molecule has 0 spiro atoms. The summed E-state index contributed by atoms with van der Waals surface area (Å²) in [7, 11) is -4.05. The standard InChI is InChI=1S/C31H39N3O4S/c1-5-24(3)32-31(36)25(4)33(22-21-27-13-9-7-10-14-27)30(35)23-34(28-19-17-26(6-2)18-20-28)39(37,38)29-15-11-8-12-16-29/h7-20,24-25H,5-6,21-23H2,1-4H3,(H,32,36)/t24-,25-/m0/s1. The Morgan fingerprint density at radius 2 is 1.41 bits per heavy atom. The van der Waals surface area contributed by atoms with Gasteiger partial charge in [0.1, 0.15) is 12.6 Å². The molecule has 0 saturated heterocycles. The van der Waals surface area contributed by atoms with Crippen molar-refractivity contribution in [2.45, 2.75) is 63.9 Å². The third-order valence-corrected chi connectivity index (χ3v) is 8.68.